The van der Waals surface area contributed by atoms with Crippen LogP contribution < -0.4 is 0 Å². The minimum absolute atomic E-state index is 0.311. The fraction of sp³-hybridized carbons (Fsp3) is 0.943. The lowest BCUT2D eigenvalue weighted by Crippen LogP contribution is -2.41. The van der Waals surface area contributed by atoms with Gasteiger partial charge in [0.2, 0.25) is 11.8 Å². The van der Waals surface area contributed by atoms with E-state index < -0.39 is 0 Å². The fourth-order valence-corrected chi connectivity index (χ4v) is 5.43. The monoisotopic (exact) mass is 583 g/mol. The molecule has 0 saturated carbocycles. The highest BCUT2D eigenvalue weighted by molar-refractivity contribution is 5.76. The number of hydrogen-bond donors (Lipinski definition) is 0. The average molecular weight is 583 g/mol. The molecule has 6 heteroatoms. The summed E-state index contributed by atoms with van der Waals surface area (Å²) in [7, 11) is 13.3. The second kappa shape index (κ2) is 24.3. The van der Waals surface area contributed by atoms with Gasteiger partial charge in [0.1, 0.15) is 0 Å². The highest BCUT2D eigenvalue weighted by Crippen LogP contribution is 2.13. The SMILES string of the molecule is CCCCCCCCCC(=O)N(CCCN(CCC[N+](C)(C)C)C(=O)CCCCCCCCC)CCC[N+](C)(C)C. The van der Waals surface area contributed by atoms with Crippen molar-refractivity contribution in [2.45, 2.75) is 136 Å². The van der Waals surface area contributed by atoms with Crippen molar-refractivity contribution in [3.63, 3.8) is 0 Å². The molecule has 244 valence electrons. The molecule has 2 amide bonds. The molecule has 41 heavy (non-hydrogen) atoms. The number of amides is 2. The summed E-state index contributed by atoms with van der Waals surface area (Å²) in [5.41, 5.74) is 0. The van der Waals surface area contributed by atoms with E-state index >= 15 is 0 Å². The van der Waals surface area contributed by atoms with E-state index in [1.54, 1.807) is 0 Å². The number of carbonyl (C=O) groups is 2. The Bertz CT molecular complexity index is 585. The third kappa shape index (κ3) is 26.2. The van der Waals surface area contributed by atoms with Gasteiger partial charge >= 0.3 is 0 Å². The fourth-order valence-electron chi connectivity index (χ4n) is 5.43. The Balaban J connectivity index is 4.89. The zero-order valence-corrected chi connectivity index (χ0v) is 29.3. The second-order valence-electron chi connectivity index (χ2n) is 14.6. The minimum Gasteiger partial charge on any atom is -0.342 e. The van der Waals surface area contributed by atoms with Crippen molar-refractivity contribution in [1.29, 1.82) is 0 Å². The van der Waals surface area contributed by atoms with Crippen molar-refractivity contribution < 1.29 is 18.6 Å². The number of carbonyl (C=O) groups excluding carboxylic acids is 2. The van der Waals surface area contributed by atoms with Gasteiger partial charge in [-0.1, -0.05) is 90.9 Å². The molecule has 0 aliphatic heterocycles. The first-order chi connectivity index (χ1) is 19.4. The highest BCUT2D eigenvalue weighted by atomic mass is 16.2. The van der Waals surface area contributed by atoms with Gasteiger partial charge in [-0.3, -0.25) is 9.59 Å². The van der Waals surface area contributed by atoms with Crippen LogP contribution in [0.5, 0.6) is 0 Å². The summed E-state index contributed by atoms with van der Waals surface area (Å²) in [5.74, 6) is 0.622. The molecular weight excluding hydrogens is 508 g/mol. The molecule has 0 radical (unpaired) electrons. The Hall–Kier alpha value is -1.14. The first kappa shape index (κ1) is 39.9. The van der Waals surface area contributed by atoms with Crippen molar-refractivity contribution in [1.82, 2.24) is 9.80 Å². The molecular formula is C35H74N4O2+2. The quantitative estimate of drug-likeness (QED) is 0.0708. The third-order valence-electron chi connectivity index (χ3n) is 8.06. The van der Waals surface area contributed by atoms with Crippen molar-refractivity contribution in [2.75, 3.05) is 81.6 Å². The third-order valence-corrected chi connectivity index (χ3v) is 8.06. The van der Waals surface area contributed by atoms with Crippen LogP contribution in [-0.4, -0.2) is 112 Å². The summed E-state index contributed by atoms with van der Waals surface area (Å²) in [4.78, 5) is 30.7. The van der Waals surface area contributed by atoms with E-state index in [-0.39, 0.29) is 0 Å². The molecule has 0 aromatic heterocycles. The van der Waals surface area contributed by atoms with Gasteiger partial charge in [-0.05, 0) is 19.3 Å². The predicted molar refractivity (Wildman–Crippen MR) is 178 cm³/mol. The van der Waals surface area contributed by atoms with Crippen LogP contribution in [0.25, 0.3) is 0 Å². The molecule has 0 fully saturated rings. The summed E-state index contributed by atoms with van der Waals surface area (Å²) in [6, 6.07) is 0. The maximum atomic E-state index is 13.2. The molecule has 0 heterocycles. The molecule has 0 aliphatic carbocycles. The van der Waals surface area contributed by atoms with Gasteiger partial charge in [-0.25, -0.2) is 0 Å². The molecule has 6 nitrogen and oxygen atoms in total. The average Bonchev–Trinajstić information content (AvgIpc) is 2.88. The van der Waals surface area contributed by atoms with E-state index in [0.29, 0.717) is 24.7 Å². The number of rotatable bonds is 28. The number of unbranched alkanes of at least 4 members (excludes halogenated alkanes) is 12. The van der Waals surface area contributed by atoms with Crippen LogP contribution in [0.3, 0.4) is 0 Å². The summed E-state index contributed by atoms with van der Waals surface area (Å²) >= 11 is 0. The first-order valence-corrected chi connectivity index (χ1v) is 17.6. The zero-order chi connectivity index (χ0) is 31.0. The molecule has 0 aromatic rings. The van der Waals surface area contributed by atoms with Gasteiger partial charge in [-0.2, -0.15) is 0 Å². The Morgan fingerprint density at radius 1 is 0.415 bits per heavy atom. The Morgan fingerprint density at radius 2 is 0.707 bits per heavy atom. The second-order valence-corrected chi connectivity index (χ2v) is 14.6. The van der Waals surface area contributed by atoms with Gasteiger partial charge in [0.25, 0.3) is 0 Å². The Labute approximate surface area is 257 Å². The van der Waals surface area contributed by atoms with E-state index in [1.165, 1.54) is 64.2 Å². The maximum Gasteiger partial charge on any atom is 0.222 e. The predicted octanol–water partition coefficient (Wildman–Crippen LogP) is 7.51. The lowest BCUT2D eigenvalue weighted by molar-refractivity contribution is -0.870. The van der Waals surface area contributed by atoms with Gasteiger partial charge < -0.3 is 18.8 Å². The topological polar surface area (TPSA) is 40.6 Å². The molecule has 0 spiro atoms. The van der Waals surface area contributed by atoms with E-state index in [4.69, 9.17) is 0 Å². The van der Waals surface area contributed by atoms with Gasteiger partial charge in [0.05, 0.1) is 55.4 Å². The van der Waals surface area contributed by atoms with Gasteiger partial charge in [0.15, 0.2) is 0 Å². The summed E-state index contributed by atoms with van der Waals surface area (Å²) < 4.78 is 1.85. The molecule has 0 aliphatic rings. The van der Waals surface area contributed by atoms with E-state index in [0.717, 1.165) is 93.2 Å². The van der Waals surface area contributed by atoms with Gasteiger partial charge in [-0.15, -0.1) is 0 Å². The maximum absolute atomic E-state index is 13.2. The zero-order valence-electron chi connectivity index (χ0n) is 29.3. The molecule has 0 bridgehead atoms. The number of nitrogens with zero attached hydrogens (tertiary/aromatic N) is 4. The summed E-state index contributed by atoms with van der Waals surface area (Å²) in [6.07, 6.45) is 21.5. The molecule has 0 aromatic carbocycles. The normalized spacial score (nSPS) is 12.1. The molecule has 0 N–H and O–H groups in total. The van der Waals surface area contributed by atoms with E-state index in [9.17, 15) is 9.59 Å². The van der Waals surface area contributed by atoms with Crippen LogP contribution in [0.1, 0.15) is 136 Å². The summed E-state index contributed by atoms with van der Waals surface area (Å²) in [6.45, 7) is 9.83. The van der Waals surface area contributed by atoms with Crippen molar-refractivity contribution >= 4 is 11.8 Å². The molecule has 0 unspecified atom stereocenters. The van der Waals surface area contributed by atoms with Crippen molar-refractivity contribution in [3.8, 4) is 0 Å². The van der Waals surface area contributed by atoms with Crippen LogP contribution in [0, 0.1) is 0 Å². The minimum atomic E-state index is 0.311. The van der Waals surface area contributed by atoms with E-state index in [2.05, 4.69) is 65.9 Å². The van der Waals surface area contributed by atoms with E-state index in [1.807, 2.05) is 0 Å². The van der Waals surface area contributed by atoms with Crippen LogP contribution >= 0.6 is 0 Å². The summed E-state index contributed by atoms with van der Waals surface area (Å²) in [5, 5.41) is 0. The molecule has 0 saturated heterocycles. The standard InChI is InChI=1S/C35H74N4O2/c1-9-11-13-15-17-19-21-26-34(40)36(30-24-32-38(3,4)5)28-23-29-37(31-25-33-39(6,7)8)35(41)27-22-20-18-16-14-12-10-2/h9-33H2,1-8H3/q+2. The lowest BCUT2D eigenvalue weighted by atomic mass is 10.1. The van der Waals surface area contributed by atoms with Crippen molar-refractivity contribution in [3.05, 3.63) is 0 Å². The first-order valence-electron chi connectivity index (χ1n) is 17.6. The van der Waals surface area contributed by atoms with Crippen LogP contribution in [0.2, 0.25) is 0 Å². The lowest BCUT2D eigenvalue weighted by Gasteiger charge is -2.29. The number of hydrogen-bond acceptors (Lipinski definition) is 2. The highest BCUT2D eigenvalue weighted by Gasteiger charge is 2.18. The smallest absolute Gasteiger partial charge is 0.222 e. The van der Waals surface area contributed by atoms with Crippen LogP contribution in [0.4, 0.5) is 0 Å². The molecule has 0 atom stereocenters. The van der Waals surface area contributed by atoms with Gasteiger partial charge in [0, 0.05) is 51.9 Å². The Kier molecular flexibility index (Phi) is 23.6. The molecule has 0 rings (SSSR count). The largest absolute Gasteiger partial charge is 0.342 e. The van der Waals surface area contributed by atoms with Crippen molar-refractivity contribution in [2.24, 2.45) is 0 Å². The number of quaternary nitrogens is 2. The Morgan fingerprint density at radius 3 is 1.02 bits per heavy atom. The van der Waals surface area contributed by atoms with Crippen LogP contribution in [-0.2, 0) is 9.59 Å². The van der Waals surface area contributed by atoms with Crippen LogP contribution in [0.15, 0.2) is 0 Å².